The van der Waals surface area contributed by atoms with Crippen molar-refractivity contribution in [1.29, 1.82) is 0 Å². The molecule has 5 N–H and O–H groups in total. The van der Waals surface area contributed by atoms with Crippen LogP contribution < -0.4 is 16.8 Å². The van der Waals surface area contributed by atoms with Crippen LogP contribution in [-0.2, 0) is 7.05 Å². The number of benzene rings is 1. The van der Waals surface area contributed by atoms with Crippen LogP contribution in [0.2, 0.25) is 0 Å². The summed E-state index contributed by atoms with van der Waals surface area (Å²) in [4.78, 5) is 15.7. The van der Waals surface area contributed by atoms with E-state index >= 15 is 0 Å². The number of aromatic nitrogens is 3. The van der Waals surface area contributed by atoms with Gasteiger partial charge in [-0.3, -0.25) is 10.1 Å². The molecular formula is C10H12N6O. The lowest BCUT2D eigenvalue weighted by Gasteiger charge is -2.05. The van der Waals surface area contributed by atoms with Crippen molar-refractivity contribution in [3.8, 4) is 0 Å². The predicted molar refractivity (Wildman–Crippen MR) is 64.2 cm³/mol. The van der Waals surface area contributed by atoms with Crippen LogP contribution >= 0.6 is 0 Å². The van der Waals surface area contributed by atoms with E-state index in [4.69, 9.17) is 11.5 Å². The van der Waals surface area contributed by atoms with E-state index in [9.17, 15) is 4.79 Å². The van der Waals surface area contributed by atoms with Crippen molar-refractivity contribution in [2.45, 2.75) is 0 Å². The number of hydrogen-bond donors (Lipinski definition) is 3. The molecular weight excluding hydrogens is 220 g/mol. The topological polar surface area (TPSA) is 112 Å². The first-order chi connectivity index (χ1) is 8.06. The highest BCUT2D eigenvalue weighted by molar-refractivity contribution is 6.04. The Hall–Kier alpha value is -2.57. The highest BCUT2D eigenvalue weighted by Gasteiger charge is 2.10. The second-order valence-electron chi connectivity index (χ2n) is 3.55. The van der Waals surface area contributed by atoms with Crippen LogP contribution in [0.25, 0.3) is 0 Å². The summed E-state index contributed by atoms with van der Waals surface area (Å²) in [6.07, 6.45) is 1.35. The number of aryl methyl sites for hydroxylation is 1. The fraction of sp³-hybridized carbons (Fsp3) is 0.100. The van der Waals surface area contributed by atoms with Gasteiger partial charge in [0.05, 0.1) is 0 Å². The molecule has 88 valence electrons. The van der Waals surface area contributed by atoms with E-state index in [1.54, 1.807) is 25.2 Å². The summed E-state index contributed by atoms with van der Waals surface area (Å²) < 4.78 is 1.45. The number of nitrogens with one attached hydrogen (secondary N) is 1. The third kappa shape index (κ3) is 2.33. The molecule has 7 nitrogen and oxygen atoms in total. The molecule has 0 aliphatic carbocycles. The van der Waals surface area contributed by atoms with Crippen LogP contribution in [0.4, 0.5) is 17.3 Å². The summed E-state index contributed by atoms with van der Waals surface area (Å²) in [5, 5.41) is 6.44. The first kappa shape index (κ1) is 10.9. The molecule has 1 aromatic heterocycles. The number of amides is 1. The van der Waals surface area contributed by atoms with Gasteiger partial charge in [0.2, 0.25) is 5.95 Å². The summed E-state index contributed by atoms with van der Waals surface area (Å²) >= 11 is 0. The van der Waals surface area contributed by atoms with Crippen LogP contribution in [-0.4, -0.2) is 20.7 Å². The molecule has 17 heavy (non-hydrogen) atoms. The van der Waals surface area contributed by atoms with Gasteiger partial charge in [0.25, 0.3) is 5.91 Å². The Balaban J connectivity index is 2.23. The SMILES string of the molecule is Cn1ncnc1NC(=O)c1cc(N)cc(N)c1. The monoisotopic (exact) mass is 232 g/mol. The molecule has 1 aromatic carbocycles. The van der Waals surface area contributed by atoms with Crippen molar-refractivity contribution in [3.05, 3.63) is 30.1 Å². The predicted octanol–water partition coefficient (Wildman–Crippen LogP) is 0.232. The van der Waals surface area contributed by atoms with Crippen LogP contribution in [0.15, 0.2) is 24.5 Å². The first-order valence-corrected chi connectivity index (χ1v) is 4.87. The summed E-state index contributed by atoms with van der Waals surface area (Å²) in [7, 11) is 1.68. The molecule has 0 aliphatic rings. The quantitative estimate of drug-likeness (QED) is 0.642. The summed E-state index contributed by atoms with van der Waals surface area (Å²) in [5.74, 6) is 0.0242. The zero-order valence-corrected chi connectivity index (χ0v) is 9.21. The Morgan fingerprint density at radius 1 is 1.29 bits per heavy atom. The minimum absolute atomic E-state index is 0.333. The van der Waals surface area contributed by atoms with E-state index in [-0.39, 0.29) is 5.91 Å². The summed E-state index contributed by atoms with van der Waals surface area (Å²) in [5.41, 5.74) is 12.5. The standard InChI is InChI=1S/C10H12N6O/c1-16-10(13-5-14-16)15-9(17)6-2-7(11)4-8(12)3-6/h2-5H,11-12H2,1H3,(H,13,14,15,17). The van der Waals surface area contributed by atoms with Gasteiger partial charge in [-0.2, -0.15) is 10.1 Å². The molecule has 0 atom stereocenters. The normalized spacial score (nSPS) is 10.2. The van der Waals surface area contributed by atoms with E-state index < -0.39 is 0 Å². The minimum atomic E-state index is -0.333. The Morgan fingerprint density at radius 2 is 1.94 bits per heavy atom. The van der Waals surface area contributed by atoms with Gasteiger partial charge < -0.3 is 11.5 Å². The molecule has 1 heterocycles. The number of hydrogen-bond acceptors (Lipinski definition) is 5. The van der Waals surface area contributed by atoms with Gasteiger partial charge in [-0.1, -0.05) is 0 Å². The Bertz CT molecular complexity index is 541. The van der Waals surface area contributed by atoms with Crippen LogP contribution in [0.5, 0.6) is 0 Å². The average molecular weight is 232 g/mol. The zero-order chi connectivity index (χ0) is 12.4. The highest BCUT2D eigenvalue weighted by Crippen LogP contribution is 2.14. The third-order valence-electron chi connectivity index (χ3n) is 2.18. The number of nitrogen functional groups attached to an aromatic ring is 2. The van der Waals surface area contributed by atoms with Crippen molar-refractivity contribution in [2.75, 3.05) is 16.8 Å². The van der Waals surface area contributed by atoms with Gasteiger partial charge in [0.1, 0.15) is 6.33 Å². The van der Waals surface area contributed by atoms with Crippen molar-refractivity contribution in [1.82, 2.24) is 14.8 Å². The van der Waals surface area contributed by atoms with Crippen molar-refractivity contribution in [2.24, 2.45) is 7.05 Å². The fourth-order valence-electron chi connectivity index (χ4n) is 1.39. The van der Waals surface area contributed by atoms with Crippen LogP contribution in [0.1, 0.15) is 10.4 Å². The maximum absolute atomic E-state index is 11.9. The first-order valence-electron chi connectivity index (χ1n) is 4.87. The van der Waals surface area contributed by atoms with Gasteiger partial charge in [-0.05, 0) is 18.2 Å². The number of carbonyl (C=O) groups excluding carboxylic acids is 1. The molecule has 0 saturated heterocycles. The molecule has 0 fully saturated rings. The average Bonchev–Trinajstić information content (AvgIpc) is 2.63. The maximum atomic E-state index is 11.9. The summed E-state index contributed by atoms with van der Waals surface area (Å²) in [6, 6.07) is 4.67. The minimum Gasteiger partial charge on any atom is -0.399 e. The molecule has 0 aliphatic heterocycles. The lowest BCUT2D eigenvalue weighted by Crippen LogP contribution is -2.15. The highest BCUT2D eigenvalue weighted by atomic mass is 16.1. The van der Waals surface area contributed by atoms with E-state index in [2.05, 4.69) is 15.4 Å². The zero-order valence-electron chi connectivity index (χ0n) is 9.21. The molecule has 0 bridgehead atoms. The van der Waals surface area contributed by atoms with Crippen LogP contribution in [0.3, 0.4) is 0 Å². The van der Waals surface area contributed by atoms with Gasteiger partial charge in [0, 0.05) is 24.0 Å². The van der Waals surface area contributed by atoms with Crippen molar-refractivity contribution in [3.63, 3.8) is 0 Å². The largest absolute Gasteiger partial charge is 0.399 e. The Labute approximate surface area is 97.4 Å². The fourth-order valence-corrected chi connectivity index (χ4v) is 1.39. The van der Waals surface area contributed by atoms with Crippen molar-refractivity contribution < 1.29 is 4.79 Å². The molecule has 0 unspecified atom stereocenters. The van der Waals surface area contributed by atoms with E-state index in [1.807, 2.05) is 0 Å². The number of nitrogens with zero attached hydrogens (tertiary/aromatic N) is 3. The number of rotatable bonds is 2. The molecule has 1 amide bonds. The number of carbonyl (C=O) groups is 1. The smallest absolute Gasteiger partial charge is 0.258 e. The van der Waals surface area contributed by atoms with Gasteiger partial charge in [-0.15, -0.1) is 0 Å². The molecule has 2 rings (SSSR count). The number of anilines is 3. The molecule has 2 aromatic rings. The second kappa shape index (κ2) is 4.12. The number of nitrogens with two attached hydrogens (primary N) is 2. The van der Waals surface area contributed by atoms with E-state index in [0.29, 0.717) is 22.9 Å². The molecule has 0 radical (unpaired) electrons. The van der Waals surface area contributed by atoms with Gasteiger partial charge in [-0.25, -0.2) is 4.68 Å². The lowest BCUT2D eigenvalue weighted by molar-refractivity contribution is 0.102. The molecule has 0 saturated carbocycles. The molecule has 0 spiro atoms. The lowest BCUT2D eigenvalue weighted by atomic mass is 10.1. The van der Waals surface area contributed by atoms with Crippen LogP contribution in [0, 0.1) is 0 Å². The maximum Gasteiger partial charge on any atom is 0.258 e. The molecule has 7 heteroatoms. The second-order valence-corrected chi connectivity index (χ2v) is 3.55. The van der Waals surface area contributed by atoms with Gasteiger partial charge in [0.15, 0.2) is 0 Å². The third-order valence-corrected chi connectivity index (χ3v) is 2.18. The Kier molecular flexibility index (Phi) is 2.65. The van der Waals surface area contributed by atoms with E-state index in [0.717, 1.165) is 0 Å². The Morgan fingerprint density at radius 3 is 2.47 bits per heavy atom. The van der Waals surface area contributed by atoms with E-state index in [1.165, 1.54) is 11.0 Å². The van der Waals surface area contributed by atoms with Gasteiger partial charge >= 0.3 is 0 Å². The summed E-state index contributed by atoms with van der Waals surface area (Å²) in [6.45, 7) is 0. The van der Waals surface area contributed by atoms with Crippen molar-refractivity contribution >= 4 is 23.2 Å².